The van der Waals surface area contributed by atoms with Gasteiger partial charge in [0.05, 0.1) is 5.69 Å². The molecule has 1 saturated heterocycles. The van der Waals surface area contributed by atoms with Crippen LogP contribution in [0.15, 0.2) is 24.3 Å². The molecule has 138 valence electrons. The number of hydrogen-bond donors (Lipinski definition) is 0. The molecule has 1 atom stereocenters. The molecule has 1 amide bonds. The number of carbonyl (C=O) groups is 1. The van der Waals surface area contributed by atoms with E-state index in [1.165, 1.54) is 18.4 Å². The standard InChI is InChI=1S/C22H29N3O/c1-16-9-11-18(12-10-16)21-23-20(19-8-4-3-5-14-25(19)21)22(26)24-13-6-7-17(2)15-24/h9-12,17H,3-8,13-15H2,1-2H3/t17-/m0/s1. The van der Waals surface area contributed by atoms with E-state index >= 15 is 0 Å². The van der Waals surface area contributed by atoms with Crippen LogP contribution in [0.2, 0.25) is 0 Å². The highest BCUT2D eigenvalue weighted by Crippen LogP contribution is 2.29. The number of rotatable bonds is 2. The number of aryl methyl sites for hydroxylation is 1. The Bertz CT molecular complexity index is 790. The van der Waals surface area contributed by atoms with Gasteiger partial charge in [-0.15, -0.1) is 0 Å². The van der Waals surface area contributed by atoms with Gasteiger partial charge in [0.2, 0.25) is 0 Å². The first-order valence-electron chi connectivity index (χ1n) is 10.1. The first-order chi connectivity index (χ1) is 12.6. The van der Waals surface area contributed by atoms with Crippen molar-refractivity contribution >= 4 is 5.91 Å². The van der Waals surface area contributed by atoms with Crippen molar-refractivity contribution in [2.45, 2.75) is 58.9 Å². The van der Waals surface area contributed by atoms with Crippen molar-refractivity contribution in [2.75, 3.05) is 13.1 Å². The van der Waals surface area contributed by atoms with Crippen molar-refractivity contribution in [1.82, 2.24) is 14.5 Å². The third kappa shape index (κ3) is 3.29. The fourth-order valence-corrected chi connectivity index (χ4v) is 4.34. The fourth-order valence-electron chi connectivity index (χ4n) is 4.34. The maximum absolute atomic E-state index is 13.3. The number of imidazole rings is 1. The maximum Gasteiger partial charge on any atom is 0.274 e. The van der Waals surface area contributed by atoms with Gasteiger partial charge in [-0.05, 0) is 44.9 Å². The first-order valence-corrected chi connectivity index (χ1v) is 10.1. The van der Waals surface area contributed by atoms with Gasteiger partial charge in [-0.2, -0.15) is 0 Å². The van der Waals surface area contributed by atoms with Crippen LogP contribution in [0.1, 0.15) is 60.8 Å². The number of aromatic nitrogens is 2. The van der Waals surface area contributed by atoms with Gasteiger partial charge in [0.1, 0.15) is 11.5 Å². The van der Waals surface area contributed by atoms with Crippen LogP contribution in [-0.2, 0) is 13.0 Å². The first kappa shape index (κ1) is 17.3. The molecule has 2 aliphatic rings. The summed E-state index contributed by atoms with van der Waals surface area (Å²) >= 11 is 0. The minimum atomic E-state index is 0.139. The molecule has 0 unspecified atom stereocenters. The molecule has 0 spiro atoms. The number of fused-ring (bicyclic) bond motifs is 1. The van der Waals surface area contributed by atoms with Gasteiger partial charge in [-0.3, -0.25) is 4.79 Å². The number of piperidine rings is 1. The molecule has 4 heteroatoms. The summed E-state index contributed by atoms with van der Waals surface area (Å²) in [5, 5.41) is 0. The Hall–Kier alpha value is -2.10. The normalized spacial score (nSPS) is 20.5. The lowest BCUT2D eigenvalue weighted by atomic mass is 10.00. The largest absolute Gasteiger partial charge is 0.337 e. The molecule has 26 heavy (non-hydrogen) atoms. The van der Waals surface area contributed by atoms with E-state index in [1.54, 1.807) is 0 Å². The zero-order valence-corrected chi connectivity index (χ0v) is 16.0. The van der Waals surface area contributed by atoms with Crippen LogP contribution < -0.4 is 0 Å². The van der Waals surface area contributed by atoms with E-state index in [0.717, 1.165) is 62.4 Å². The van der Waals surface area contributed by atoms with Crippen LogP contribution in [0.3, 0.4) is 0 Å². The van der Waals surface area contributed by atoms with E-state index in [0.29, 0.717) is 11.6 Å². The number of nitrogens with zero attached hydrogens (tertiary/aromatic N) is 3. The van der Waals surface area contributed by atoms with Crippen molar-refractivity contribution in [2.24, 2.45) is 5.92 Å². The van der Waals surface area contributed by atoms with Crippen molar-refractivity contribution < 1.29 is 4.79 Å². The lowest BCUT2D eigenvalue weighted by Crippen LogP contribution is -2.39. The second kappa shape index (κ2) is 7.26. The van der Waals surface area contributed by atoms with Gasteiger partial charge < -0.3 is 9.47 Å². The number of hydrogen-bond acceptors (Lipinski definition) is 2. The molecule has 3 heterocycles. The topological polar surface area (TPSA) is 38.1 Å². The van der Waals surface area contributed by atoms with Crippen LogP contribution in [0.4, 0.5) is 0 Å². The molecule has 1 aromatic heterocycles. The quantitative estimate of drug-likeness (QED) is 0.801. The third-order valence-corrected chi connectivity index (χ3v) is 5.82. The highest BCUT2D eigenvalue weighted by molar-refractivity contribution is 5.94. The summed E-state index contributed by atoms with van der Waals surface area (Å²) in [5.41, 5.74) is 4.22. The monoisotopic (exact) mass is 351 g/mol. The van der Waals surface area contributed by atoms with Crippen molar-refractivity contribution in [1.29, 1.82) is 0 Å². The predicted molar refractivity (Wildman–Crippen MR) is 104 cm³/mol. The van der Waals surface area contributed by atoms with Gasteiger partial charge in [-0.25, -0.2) is 4.98 Å². The molecule has 2 aromatic rings. The molecular formula is C22H29N3O. The Morgan fingerprint density at radius 1 is 1.08 bits per heavy atom. The molecule has 1 aromatic carbocycles. The number of carbonyl (C=O) groups excluding carboxylic acids is 1. The van der Waals surface area contributed by atoms with Gasteiger partial charge >= 0.3 is 0 Å². The smallest absolute Gasteiger partial charge is 0.274 e. The van der Waals surface area contributed by atoms with E-state index < -0.39 is 0 Å². The minimum absolute atomic E-state index is 0.139. The van der Waals surface area contributed by atoms with Crippen LogP contribution in [0.25, 0.3) is 11.4 Å². The Kier molecular flexibility index (Phi) is 4.84. The Labute approximate surface area is 156 Å². The van der Waals surface area contributed by atoms with Crippen molar-refractivity contribution in [3.8, 4) is 11.4 Å². The molecular weight excluding hydrogens is 322 g/mol. The number of benzene rings is 1. The average Bonchev–Trinajstić information content (AvgIpc) is 2.83. The lowest BCUT2D eigenvalue weighted by molar-refractivity contribution is 0.0676. The minimum Gasteiger partial charge on any atom is -0.337 e. The Balaban J connectivity index is 1.74. The Morgan fingerprint density at radius 3 is 2.65 bits per heavy atom. The van der Waals surface area contributed by atoms with Crippen molar-refractivity contribution in [3.63, 3.8) is 0 Å². The molecule has 0 radical (unpaired) electrons. The van der Waals surface area contributed by atoms with Crippen LogP contribution in [0.5, 0.6) is 0 Å². The SMILES string of the molecule is Cc1ccc(-c2nc(C(=O)N3CCC[C@H](C)C3)c3n2CCCCC3)cc1. The Morgan fingerprint density at radius 2 is 1.88 bits per heavy atom. The van der Waals surface area contributed by atoms with Gasteiger partial charge in [0.25, 0.3) is 5.91 Å². The predicted octanol–water partition coefficient (Wildman–Crippen LogP) is 4.46. The molecule has 0 bridgehead atoms. The van der Waals surface area contributed by atoms with E-state index in [-0.39, 0.29) is 5.91 Å². The molecule has 4 nitrogen and oxygen atoms in total. The summed E-state index contributed by atoms with van der Waals surface area (Å²) in [4.78, 5) is 20.2. The summed E-state index contributed by atoms with van der Waals surface area (Å²) in [6.07, 6.45) is 6.83. The second-order valence-electron chi connectivity index (χ2n) is 8.06. The molecule has 0 aliphatic carbocycles. The molecule has 1 fully saturated rings. The zero-order valence-electron chi connectivity index (χ0n) is 16.0. The number of likely N-dealkylation sites (tertiary alicyclic amines) is 1. The summed E-state index contributed by atoms with van der Waals surface area (Å²) < 4.78 is 2.32. The van der Waals surface area contributed by atoms with E-state index in [2.05, 4.69) is 42.7 Å². The second-order valence-corrected chi connectivity index (χ2v) is 8.06. The third-order valence-electron chi connectivity index (χ3n) is 5.82. The number of amides is 1. The van der Waals surface area contributed by atoms with Crippen LogP contribution >= 0.6 is 0 Å². The summed E-state index contributed by atoms with van der Waals surface area (Å²) in [5.74, 6) is 1.70. The zero-order chi connectivity index (χ0) is 18.1. The van der Waals surface area contributed by atoms with E-state index in [4.69, 9.17) is 4.98 Å². The summed E-state index contributed by atoms with van der Waals surface area (Å²) in [6.45, 7) is 7.04. The molecule has 0 N–H and O–H groups in total. The maximum atomic E-state index is 13.3. The molecule has 2 aliphatic heterocycles. The highest BCUT2D eigenvalue weighted by Gasteiger charge is 2.29. The molecule has 0 saturated carbocycles. The molecule has 4 rings (SSSR count). The highest BCUT2D eigenvalue weighted by atomic mass is 16.2. The van der Waals surface area contributed by atoms with Crippen LogP contribution in [-0.4, -0.2) is 33.4 Å². The van der Waals surface area contributed by atoms with E-state index in [9.17, 15) is 4.79 Å². The summed E-state index contributed by atoms with van der Waals surface area (Å²) in [6, 6.07) is 8.52. The van der Waals surface area contributed by atoms with Crippen LogP contribution in [0, 0.1) is 12.8 Å². The van der Waals surface area contributed by atoms with E-state index in [1.807, 2.05) is 4.90 Å². The lowest BCUT2D eigenvalue weighted by Gasteiger charge is -2.30. The van der Waals surface area contributed by atoms with Gasteiger partial charge in [0.15, 0.2) is 0 Å². The van der Waals surface area contributed by atoms with Gasteiger partial charge in [-0.1, -0.05) is 43.2 Å². The van der Waals surface area contributed by atoms with Gasteiger partial charge in [0, 0.05) is 25.2 Å². The van der Waals surface area contributed by atoms with Crippen molar-refractivity contribution in [3.05, 3.63) is 41.2 Å². The summed E-state index contributed by atoms with van der Waals surface area (Å²) in [7, 11) is 0. The fraction of sp³-hybridized carbons (Fsp3) is 0.545. The average molecular weight is 351 g/mol.